The van der Waals surface area contributed by atoms with Crippen molar-refractivity contribution in [3.63, 3.8) is 0 Å². The van der Waals surface area contributed by atoms with Crippen LogP contribution in [0.2, 0.25) is 0 Å². The monoisotopic (exact) mass is 248 g/mol. The number of carbonyl (C=O) groups excluding carboxylic acids is 2. The van der Waals surface area contributed by atoms with Gasteiger partial charge in [0.2, 0.25) is 6.41 Å². The zero-order valence-corrected chi connectivity index (χ0v) is 10.1. The van der Waals surface area contributed by atoms with Gasteiger partial charge in [0.15, 0.2) is 0 Å². The van der Waals surface area contributed by atoms with Gasteiger partial charge in [-0.05, 0) is 5.56 Å². The molecule has 0 spiro atoms. The minimum absolute atomic E-state index is 0.253. The molecule has 5 heteroatoms. The van der Waals surface area contributed by atoms with E-state index in [4.69, 9.17) is 4.74 Å². The van der Waals surface area contributed by atoms with Crippen LogP contribution in [0.4, 0.5) is 4.79 Å². The number of hydrogen-bond donors (Lipinski definition) is 0. The van der Waals surface area contributed by atoms with Crippen molar-refractivity contribution in [2.24, 2.45) is 0 Å². The maximum absolute atomic E-state index is 12.1. The molecule has 3 amide bonds. The van der Waals surface area contributed by atoms with Crippen LogP contribution < -0.4 is 0 Å². The second-order valence-electron chi connectivity index (χ2n) is 4.10. The molecule has 0 bridgehead atoms. The Morgan fingerprint density at radius 3 is 2.56 bits per heavy atom. The Kier molecular flexibility index (Phi) is 4.30. The summed E-state index contributed by atoms with van der Waals surface area (Å²) in [6, 6.07) is 9.21. The van der Waals surface area contributed by atoms with Gasteiger partial charge in [0.25, 0.3) is 0 Å². The van der Waals surface area contributed by atoms with Crippen molar-refractivity contribution >= 4 is 12.4 Å². The largest absolute Gasteiger partial charge is 0.378 e. The smallest absolute Gasteiger partial charge is 0.326 e. The summed E-state index contributed by atoms with van der Waals surface area (Å²) in [6.07, 6.45) is 0.588. The molecule has 0 atom stereocenters. The third-order valence-corrected chi connectivity index (χ3v) is 2.85. The van der Waals surface area contributed by atoms with Crippen molar-refractivity contribution < 1.29 is 14.3 Å². The summed E-state index contributed by atoms with van der Waals surface area (Å²) < 4.78 is 5.18. The highest BCUT2D eigenvalue weighted by Crippen LogP contribution is 2.07. The van der Waals surface area contributed by atoms with E-state index in [0.717, 1.165) is 5.56 Å². The third kappa shape index (κ3) is 3.07. The van der Waals surface area contributed by atoms with E-state index in [1.165, 1.54) is 4.90 Å². The molecular formula is C13H16N2O3. The van der Waals surface area contributed by atoms with Gasteiger partial charge >= 0.3 is 6.03 Å². The molecule has 2 rings (SSSR count). The van der Waals surface area contributed by atoms with Gasteiger partial charge in [-0.25, -0.2) is 4.79 Å². The number of benzene rings is 1. The van der Waals surface area contributed by atoms with Gasteiger partial charge in [-0.15, -0.1) is 0 Å². The fourth-order valence-electron chi connectivity index (χ4n) is 1.87. The quantitative estimate of drug-likeness (QED) is 0.753. The van der Waals surface area contributed by atoms with Crippen LogP contribution in [0, 0.1) is 0 Å². The van der Waals surface area contributed by atoms with Crippen LogP contribution in [0.5, 0.6) is 0 Å². The summed E-state index contributed by atoms with van der Waals surface area (Å²) in [5, 5.41) is 0. The van der Waals surface area contributed by atoms with Crippen LogP contribution in [0.15, 0.2) is 30.3 Å². The average molecular weight is 248 g/mol. The van der Waals surface area contributed by atoms with Crippen molar-refractivity contribution in [1.82, 2.24) is 9.80 Å². The lowest BCUT2D eigenvalue weighted by molar-refractivity contribution is -0.116. The number of nitrogens with zero attached hydrogens (tertiary/aromatic N) is 2. The molecule has 0 unspecified atom stereocenters. The van der Waals surface area contributed by atoms with Crippen molar-refractivity contribution in [2.45, 2.75) is 6.54 Å². The Labute approximate surface area is 106 Å². The number of rotatable bonds is 3. The molecule has 1 aliphatic rings. The number of imide groups is 1. The first-order chi connectivity index (χ1) is 8.81. The lowest BCUT2D eigenvalue weighted by Crippen LogP contribution is -2.47. The molecule has 0 radical (unpaired) electrons. The van der Waals surface area contributed by atoms with E-state index in [2.05, 4.69) is 0 Å². The van der Waals surface area contributed by atoms with E-state index in [9.17, 15) is 9.59 Å². The first-order valence-electron chi connectivity index (χ1n) is 5.94. The molecule has 0 N–H and O–H groups in total. The number of morpholine rings is 1. The van der Waals surface area contributed by atoms with Gasteiger partial charge in [-0.2, -0.15) is 0 Å². The van der Waals surface area contributed by atoms with Crippen LogP contribution in [0.3, 0.4) is 0 Å². The van der Waals surface area contributed by atoms with Crippen molar-refractivity contribution in [2.75, 3.05) is 26.3 Å². The van der Waals surface area contributed by atoms with Crippen molar-refractivity contribution in [1.29, 1.82) is 0 Å². The van der Waals surface area contributed by atoms with Gasteiger partial charge in [0.05, 0.1) is 19.8 Å². The fourth-order valence-corrected chi connectivity index (χ4v) is 1.87. The predicted molar refractivity (Wildman–Crippen MR) is 65.8 cm³/mol. The highest BCUT2D eigenvalue weighted by molar-refractivity contribution is 5.84. The van der Waals surface area contributed by atoms with Gasteiger partial charge in [-0.1, -0.05) is 30.3 Å². The highest BCUT2D eigenvalue weighted by Gasteiger charge is 2.22. The highest BCUT2D eigenvalue weighted by atomic mass is 16.5. The van der Waals surface area contributed by atoms with E-state index >= 15 is 0 Å². The third-order valence-electron chi connectivity index (χ3n) is 2.85. The molecule has 0 saturated carbocycles. The number of amides is 3. The van der Waals surface area contributed by atoms with Crippen LogP contribution in [-0.4, -0.2) is 48.5 Å². The number of hydrogen-bond acceptors (Lipinski definition) is 3. The number of carbonyl (C=O) groups is 2. The zero-order valence-electron chi connectivity index (χ0n) is 10.1. The molecule has 1 saturated heterocycles. The van der Waals surface area contributed by atoms with E-state index in [-0.39, 0.29) is 6.03 Å². The van der Waals surface area contributed by atoms with Gasteiger partial charge in [0.1, 0.15) is 0 Å². The SMILES string of the molecule is O=CN(Cc1ccccc1)C(=O)N1CCOCC1. The normalized spacial score (nSPS) is 15.2. The summed E-state index contributed by atoms with van der Waals surface area (Å²) >= 11 is 0. The van der Waals surface area contributed by atoms with Gasteiger partial charge < -0.3 is 9.64 Å². The van der Waals surface area contributed by atoms with Crippen LogP contribution >= 0.6 is 0 Å². The Morgan fingerprint density at radius 1 is 1.28 bits per heavy atom. The van der Waals surface area contributed by atoms with Crippen LogP contribution in [0.25, 0.3) is 0 Å². The molecule has 1 aromatic carbocycles. The lowest BCUT2D eigenvalue weighted by Gasteiger charge is -2.30. The van der Waals surface area contributed by atoms with Crippen molar-refractivity contribution in [3.8, 4) is 0 Å². The van der Waals surface area contributed by atoms with Crippen LogP contribution in [0.1, 0.15) is 5.56 Å². The molecular weight excluding hydrogens is 232 g/mol. The average Bonchev–Trinajstić information content (AvgIpc) is 2.46. The minimum Gasteiger partial charge on any atom is -0.378 e. The molecule has 0 aromatic heterocycles. The zero-order chi connectivity index (χ0) is 12.8. The summed E-state index contributed by atoms with van der Waals surface area (Å²) in [5.41, 5.74) is 0.936. The molecule has 96 valence electrons. The predicted octanol–water partition coefficient (Wildman–Crippen LogP) is 1.10. The minimum atomic E-state index is -0.253. The molecule has 1 aliphatic heterocycles. The molecule has 1 fully saturated rings. The van der Waals surface area contributed by atoms with E-state index < -0.39 is 0 Å². The van der Waals surface area contributed by atoms with Crippen molar-refractivity contribution in [3.05, 3.63) is 35.9 Å². The number of urea groups is 1. The van der Waals surface area contributed by atoms with Gasteiger partial charge in [0, 0.05) is 13.1 Å². The maximum Gasteiger partial charge on any atom is 0.326 e. The fraction of sp³-hybridized carbons (Fsp3) is 0.385. The Bertz CT molecular complexity index is 402. The second kappa shape index (κ2) is 6.16. The molecule has 5 nitrogen and oxygen atoms in total. The Morgan fingerprint density at radius 2 is 1.94 bits per heavy atom. The maximum atomic E-state index is 12.1. The standard InChI is InChI=1S/C13H16N2O3/c16-11-15(10-12-4-2-1-3-5-12)13(17)14-6-8-18-9-7-14/h1-5,11H,6-10H2. The van der Waals surface area contributed by atoms with E-state index in [1.807, 2.05) is 30.3 Å². The lowest BCUT2D eigenvalue weighted by atomic mass is 10.2. The molecule has 1 aromatic rings. The molecule has 1 heterocycles. The summed E-state index contributed by atoms with van der Waals surface area (Å²) in [4.78, 5) is 26.0. The topological polar surface area (TPSA) is 49.9 Å². The number of ether oxygens (including phenoxy) is 1. The second-order valence-corrected chi connectivity index (χ2v) is 4.10. The van der Waals surface area contributed by atoms with E-state index in [1.54, 1.807) is 4.90 Å². The summed E-state index contributed by atoms with van der Waals surface area (Å²) in [5.74, 6) is 0. The van der Waals surface area contributed by atoms with E-state index in [0.29, 0.717) is 39.3 Å². The van der Waals surface area contributed by atoms with Gasteiger partial charge in [-0.3, -0.25) is 9.69 Å². The Hall–Kier alpha value is -1.88. The van der Waals surface area contributed by atoms with Crippen LogP contribution in [-0.2, 0) is 16.1 Å². The molecule has 18 heavy (non-hydrogen) atoms. The first kappa shape index (κ1) is 12.6. The summed E-state index contributed by atoms with van der Waals surface area (Å²) in [7, 11) is 0. The Balaban J connectivity index is 1.99. The molecule has 0 aliphatic carbocycles. The first-order valence-corrected chi connectivity index (χ1v) is 5.94. The summed E-state index contributed by atoms with van der Waals surface area (Å²) in [6.45, 7) is 2.45.